The van der Waals surface area contributed by atoms with Crippen molar-refractivity contribution in [1.82, 2.24) is 15.1 Å². The van der Waals surface area contributed by atoms with Crippen LogP contribution in [0.4, 0.5) is 13.2 Å². The topological polar surface area (TPSA) is 57.9 Å². The SMILES string of the molecule is CN(CCN)Cc1c[nH]nc1-c1ccc(C(F)(F)F)c(Cl)c1. The van der Waals surface area contributed by atoms with Crippen LogP contribution in [0.25, 0.3) is 11.3 Å². The number of hydrogen-bond acceptors (Lipinski definition) is 3. The van der Waals surface area contributed by atoms with E-state index >= 15 is 0 Å². The highest BCUT2D eigenvalue weighted by Crippen LogP contribution is 2.37. The Labute approximate surface area is 131 Å². The lowest BCUT2D eigenvalue weighted by Crippen LogP contribution is -2.25. The molecule has 2 aromatic rings. The van der Waals surface area contributed by atoms with Gasteiger partial charge in [-0.2, -0.15) is 18.3 Å². The van der Waals surface area contributed by atoms with E-state index in [-0.39, 0.29) is 5.02 Å². The summed E-state index contributed by atoms with van der Waals surface area (Å²) in [6.07, 6.45) is -2.75. The number of nitrogens with zero attached hydrogens (tertiary/aromatic N) is 2. The fraction of sp³-hybridized carbons (Fsp3) is 0.357. The van der Waals surface area contributed by atoms with E-state index in [1.165, 1.54) is 12.1 Å². The average Bonchev–Trinajstić information content (AvgIpc) is 2.85. The maximum absolute atomic E-state index is 12.7. The number of aromatic amines is 1. The van der Waals surface area contributed by atoms with Gasteiger partial charge in [0.15, 0.2) is 0 Å². The monoisotopic (exact) mass is 332 g/mol. The van der Waals surface area contributed by atoms with Gasteiger partial charge in [-0.05, 0) is 19.2 Å². The van der Waals surface area contributed by atoms with Crippen molar-refractivity contribution in [3.8, 4) is 11.3 Å². The van der Waals surface area contributed by atoms with Crippen LogP contribution in [0.3, 0.4) is 0 Å². The molecule has 1 aromatic carbocycles. The van der Waals surface area contributed by atoms with Gasteiger partial charge in [-0.15, -0.1) is 0 Å². The third-order valence-corrected chi connectivity index (χ3v) is 3.53. The van der Waals surface area contributed by atoms with Gasteiger partial charge in [0, 0.05) is 37.0 Å². The zero-order valence-corrected chi connectivity index (χ0v) is 12.7. The highest BCUT2D eigenvalue weighted by atomic mass is 35.5. The molecule has 120 valence electrons. The number of H-pyrrole nitrogens is 1. The highest BCUT2D eigenvalue weighted by molar-refractivity contribution is 6.31. The predicted molar refractivity (Wildman–Crippen MR) is 79.4 cm³/mol. The first-order chi connectivity index (χ1) is 10.3. The van der Waals surface area contributed by atoms with Crippen molar-refractivity contribution < 1.29 is 13.2 Å². The first kappa shape index (κ1) is 16.8. The van der Waals surface area contributed by atoms with Crippen LogP contribution >= 0.6 is 11.6 Å². The molecule has 0 amide bonds. The van der Waals surface area contributed by atoms with E-state index in [1.54, 1.807) is 6.20 Å². The summed E-state index contributed by atoms with van der Waals surface area (Å²) < 4.78 is 38.2. The van der Waals surface area contributed by atoms with Crippen molar-refractivity contribution in [2.75, 3.05) is 20.1 Å². The molecule has 8 heteroatoms. The van der Waals surface area contributed by atoms with Gasteiger partial charge in [-0.25, -0.2) is 0 Å². The minimum Gasteiger partial charge on any atom is -0.329 e. The van der Waals surface area contributed by atoms with Crippen LogP contribution in [0.15, 0.2) is 24.4 Å². The van der Waals surface area contributed by atoms with Gasteiger partial charge in [0.25, 0.3) is 0 Å². The summed E-state index contributed by atoms with van der Waals surface area (Å²) in [5, 5.41) is 6.51. The summed E-state index contributed by atoms with van der Waals surface area (Å²) in [6.45, 7) is 1.82. The van der Waals surface area contributed by atoms with Gasteiger partial charge in [0.2, 0.25) is 0 Å². The smallest absolute Gasteiger partial charge is 0.329 e. The molecule has 0 bridgehead atoms. The van der Waals surface area contributed by atoms with E-state index in [4.69, 9.17) is 17.3 Å². The third-order valence-electron chi connectivity index (χ3n) is 3.22. The quantitative estimate of drug-likeness (QED) is 0.884. The molecule has 1 aromatic heterocycles. The summed E-state index contributed by atoms with van der Waals surface area (Å²) in [5.41, 5.74) is 6.63. The molecule has 0 fully saturated rings. The number of benzene rings is 1. The number of hydrogen-bond donors (Lipinski definition) is 2. The van der Waals surface area contributed by atoms with Crippen LogP contribution in [0.2, 0.25) is 5.02 Å². The molecular formula is C14H16ClF3N4. The number of aromatic nitrogens is 2. The van der Waals surface area contributed by atoms with Gasteiger partial charge in [0.1, 0.15) is 0 Å². The van der Waals surface area contributed by atoms with Crippen molar-refractivity contribution in [3.05, 3.63) is 40.5 Å². The van der Waals surface area contributed by atoms with Crippen LogP contribution in [-0.4, -0.2) is 35.2 Å². The van der Waals surface area contributed by atoms with E-state index in [0.29, 0.717) is 30.9 Å². The van der Waals surface area contributed by atoms with E-state index in [1.807, 2.05) is 11.9 Å². The Morgan fingerprint density at radius 3 is 2.68 bits per heavy atom. The summed E-state index contributed by atoms with van der Waals surface area (Å²) >= 11 is 5.75. The Kier molecular flexibility index (Phi) is 5.10. The summed E-state index contributed by atoms with van der Waals surface area (Å²) in [5.74, 6) is 0. The van der Waals surface area contributed by atoms with Gasteiger partial charge in [0.05, 0.1) is 16.3 Å². The van der Waals surface area contributed by atoms with Crippen molar-refractivity contribution in [3.63, 3.8) is 0 Å². The Hall–Kier alpha value is -1.57. The molecule has 0 spiro atoms. The molecule has 0 aliphatic rings. The Morgan fingerprint density at radius 2 is 2.09 bits per heavy atom. The molecule has 4 nitrogen and oxygen atoms in total. The van der Waals surface area contributed by atoms with Crippen LogP contribution < -0.4 is 5.73 Å². The van der Waals surface area contributed by atoms with Crippen LogP contribution in [-0.2, 0) is 12.7 Å². The molecule has 0 aliphatic carbocycles. The molecule has 0 radical (unpaired) electrons. The Balaban J connectivity index is 2.30. The zero-order chi connectivity index (χ0) is 16.3. The van der Waals surface area contributed by atoms with Crippen molar-refractivity contribution in [1.29, 1.82) is 0 Å². The van der Waals surface area contributed by atoms with E-state index in [0.717, 1.165) is 11.6 Å². The maximum atomic E-state index is 12.7. The van der Waals surface area contributed by atoms with Crippen molar-refractivity contribution in [2.45, 2.75) is 12.7 Å². The number of likely N-dealkylation sites (N-methyl/N-ethyl adjacent to an activating group) is 1. The largest absolute Gasteiger partial charge is 0.417 e. The number of alkyl halides is 3. The standard InChI is InChI=1S/C14H16ClF3N4/c1-22(5-4-19)8-10-7-20-21-13(10)9-2-3-11(12(15)6-9)14(16,17)18/h2-3,6-7H,4-5,8,19H2,1H3,(H,20,21). The van der Waals surface area contributed by atoms with E-state index in [9.17, 15) is 13.2 Å². The Morgan fingerprint density at radius 1 is 1.36 bits per heavy atom. The van der Waals surface area contributed by atoms with Gasteiger partial charge in [-0.3, -0.25) is 5.10 Å². The predicted octanol–water partition coefficient (Wildman–Crippen LogP) is 3.14. The van der Waals surface area contributed by atoms with Crippen LogP contribution in [0, 0.1) is 0 Å². The third kappa shape index (κ3) is 3.79. The first-order valence-electron chi connectivity index (χ1n) is 6.61. The van der Waals surface area contributed by atoms with E-state index < -0.39 is 11.7 Å². The van der Waals surface area contributed by atoms with E-state index in [2.05, 4.69) is 10.2 Å². The number of rotatable bonds is 5. The molecule has 0 saturated heterocycles. The molecule has 0 saturated carbocycles. The lowest BCUT2D eigenvalue weighted by Gasteiger charge is -2.15. The highest BCUT2D eigenvalue weighted by Gasteiger charge is 2.33. The van der Waals surface area contributed by atoms with Crippen LogP contribution in [0.5, 0.6) is 0 Å². The normalized spacial score (nSPS) is 12.1. The lowest BCUT2D eigenvalue weighted by molar-refractivity contribution is -0.137. The second-order valence-corrected chi connectivity index (χ2v) is 5.39. The van der Waals surface area contributed by atoms with Crippen molar-refractivity contribution in [2.24, 2.45) is 5.73 Å². The fourth-order valence-electron chi connectivity index (χ4n) is 2.17. The zero-order valence-electron chi connectivity index (χ0n) is 11.9. The molecule has 1 heterocycles. The van der Waals surface area contributed by atoms with Crippen LogP contribution in [0.1, 0.15) is 11.1 Å². The van der Waals surface area contributed by atoms with Crippen molar-refractivity contribution >= 4 is 11.6 Å². The van der Waals surface area contributed by atoms with Gasteiger partial charge in [-0.1, -0.05) is 17.7 Å². The molecule has 3 N–H and O–H groups in total. The molecule has 2 rings (SSSR count). The summed E-state index contributed by atoms with van der Waals surface area (Å²) in [7, 11) is 1.91. The number of nitrogens with two attached hydrogens (primary N) is 1. The first-order valence-corrected chi connectivity index (χ1v) is 6.99. The van der Waals surface area contributed by atoms with Gasteiger partial charge < -0.3 is 10.6 Å². The Bertz CT molecular complexity index is 639. The maximum Gasteiger partial charge on any atom is 0.417 e. The van der Waals surface area contributed by atoms with Gasteiger partial charge >= 0.3 is 6.18 Å². The molecule has 0 unspecified atom stereocenters. The summed E-state index contributed by atoms with van der Waals surface area (Å²) in [4.78, 5) is 2.00. The minimum absolute atomic E-state index is 0.339. The summed E-state index contributed by atoms with van der Waals surface area (Å²) in [6, 6.07) is 3.63. The number of halogens is 4. The molecule has 0 atom stereocenters. The second-order valence-electron chi connectivity index (χ2n) is 4.98. The second kappa shape index (κ2) is 6.68. The lowest BCUT2D eigenvalue weighted by atomic mass is 10.1. The molecule has 22 heavy (non-hydrogen) atoms. The molecule has 0 aliphatic heterocycles. The number of nitrogens with one attached hydrogen (secondary N) is 1. The molecular weight excluding hydrogens is 317 g/mol. The average molecular weight is 333 g/mol. The fourth-order valence-corrected chi connectivity index (χ4v) is 2.46. The minimum atomic E-state index is -4.47.